The Morgan fingerprint density at radius 2 is 2.10 bits per heavy atom. The minimum Gasteiger partial charge on any atom is -0.352 e. The quantitative estimate of drug-likeness (QED) is 0.767. The second kappa shape index (κ2) is 8.10. The lowest BCUT2D eigenvalue weighted by molar-refractivity contribution is 0.0929. The van der Waals surface area contributed by atoms with Crippen LogP contribution >= 0.6 is 0 Å². The average Bonchev–Trinajstić information content (AvgIpc) is 3.51. The zero-order valence-corrected chi connectivity index (χ0v) is 17.1. The fourth-order valence-electron chi connectivity index (χ4n) is 4.27. The second-order valence-corrected chi connectivity index (χ2v) is 8.83. The second-order valence-electron chi connectivity index (χ2n) is 8.83. The Balaban J connectivity index is 1.46. The standard InChI is InChI=1S/C21H29N5O3/c1-13(2)11-25-7-3-4-14(12-25)9-23-19(27)15-8-17-18(22-10-15)26(16-5-6-16)21(29)24-20(17)28/h8,10,13-14,16H,3-7,9,11-12H2,1-2H3,(H,23,27)(H,24,28,29). The van der Waals surface area contributed by atoms with Crippen molar-refractivity contribution < 1.29 is 4.79 Å². The van der Waals surface area contributed by atoms with E-state index >= 15 is 0 Å². The Bertz CT molecular complexity index is 1020. The highest BCUT2D eigenvalue weighted by atomic mass is 16.2. The van der Waals surface area contributed by atoms with Crippen LogP contribution in [0.4, 0.5) is 0 Å². The molecular formula is C21H29N5O3. The molecule has 1 saturated heterocycles. The third-order valence-corrected chi connectivity index (χ3v) is 5.73. The molecule has 29 heavy (non-hydrogen) atoms. The molecule has 0 radical (unpaired) electrons. The van der Waals surface area contributed by atoms with Gasteiger partial charge in [-0.25, -0.2) is 9.78 Å². The lowest BCUT2D eigenvalue weighted by Crippen LogP contribution is -2.42. The summed E-state index contributed by atoms with van der Waals surface area (Å²) in [5.41, 5.74) is -0.230. The summed E-state index contributed by atoms with van der Waals surface area (Å²) >= 11 is 0. The summed E-state index contributed by atoms with van der Waals surface area (Å²) in [5.74, 6) is 0.838. The van der Waals surface area contributed by atoms with Gasteiger partial charge < -0.3 is 10.2 Å². The maximum atomic E-state index is 12.7. The van der Waals surface area contributed by atoms with Crippen molar-refractivity contribution in [3.05, 3.63) is 38.7 Å². The Kier molecular flexibility index (Phi) is 5.54. The highest BCUT2D eigenvalue weighted by molar-refractivity contribution is 5.96. The van der Waals surface area contributed by atoms with Crippen molar-refractivity contribution in [2.45, 2.75) is 45.6 Å². The van der Waals surface area contributed by atoms with Gasteiger partial charge in [0.2, 0.25) is 0 Å². The van der Waals surface area contributed by atoms with Crippen LogP contribution in [0.3, 0.4) is 0 Å². The van der Waals surface area contributed by atoms with Crippen LogP contribution < -0.4 is 16.6 Å². The zero-order chi connectivity index (χ0) is 20.5. The number of hydrogen-bond donors (Lipinski definition) is 2. The van der Waals surface area contributed by atoms with Gasteiger partial charge in [-0.3, -0.25) is 19.1 Å². The van der Waals surface area contributed by atoms with Crippen LogP contribution in [-0.4, -0.2) is 51.5 Å². The summed E-state index contributed by atoms with van der Waals surface area (Å²) in [7, 11) is 0. The number of amides is 1. The first kappa shape index (κ1) is 19.8. The molecule has 0 spiro atoms. The van der Waals surface area contributed by atoms with Crippen LogP contribution in [0.1, 0.15) is 55.9 Å². The van der Waals surface area contributed by atoms with E-state index in [1.165, 1.54) is 10.8 Å². The SMILES string of the molecule is CC(C)CN1CCCC(CNC(=O)c2cnc3c(c2)c(=O)[nH]c(=O)n3C2CC2)C1. The lowest BCUT2D eigenvalue weighted by atomic mass is 9.97. The van der Waals surface area contributed by atoms with E-state index in [-0.39, 0.29) is 17.3 Å². The predicted octanol–water partition coefficient (Wildman–Crippen LogP) is 1.52. The van der Waals surface area contributed by atoms with E-state index < -0.39 is 11.2 Å². The van der Waals surface area contributed by atoms with E-state index in [0.717, 1.165) is 45.3 Å². The van der Waals surface area contributed by atoms with Gasteiger partial charge in [0.05, 0.1) is 10.9 Å². The maximum absolute atomic E-state index is 12.7. The Hall–Kier alpha value is -2.48. The Labute approximate surface area is 169 Å². The van der Waals surface area contributed by atoms with Gasteiger partial charge in [-0.2, -0.15) is 0 Å². The first-order valence-electron chi connectivity index (χ1n) is 10.6. The van der Waals surface area contributed by atoms with E-state index in [1.807, 2.05) is 0 Å². The van der Waals surface area contributed by atoms with Crippen molar-refractivity contribution in [2.24, 2.45) is 11.8 Å². The van der Waals surface area contributed by atoms with Gasteiger partial charge in [-0.1, -0.05) is 13.8 Å². The van der Waals surface area contributed by atoms with E-state index in [1.54, 1.807) is 6.07 Å². The molecule has 156 valence electrons. The third-order valence-electron chi connectivity index (χ3n) is 5.73. The number of piperidine rings is 1. The number of likely N-dealkylation sites (tertiary alicyclic amines) is 1. The van der Waals surface area contributed by atoms with E-state index in [2.05, 4.69) is 34.0 Å². The lowest BCUT2D eigenvalue weighted by Gasteiger charge is -2.33. The normalized spacial score (nSPS) is 20.3. The molecule has 4 rings (SSSR count). The van der Waals surface area contributed by atoms with Crippen molar-refractivity contribution in [1.82, 2.24) is 24.8 Å². The number of aromatic nitrogens is 3. The largest absolute Gasteiger partial charge is 0.352 e. The maximum Gasteiger partial charge on any atom is 0.330 e. The fourth-order valence-corrected chi connectivity index (χ4v) is 4.27. The number of aromatic amines is 1. The zero-order valence-electron chi connectivity index (χ0n) is 17.1. The van der Waals surface area contributed by atoms with E-state index in [4.69, 9.17) is 0 Å². The molecule has 1 aliphatic carbocycles. The predicted molar refractivity (Wildman–Crippen MR) is 111 cm³/mol. The smallest absolute Gasteiger partial charge is 0.330 e. The minimum absolute atomic E-state index is 0.0918. The van der Waals surface area contributed by atoms with Gasteiger partial charge in [-0.05, 0) is 50.1 Å². The van der Waals surface area contributed by atoms with Gasteiger partial charge in [0.15, 0.2) is 0 Å². The van der Waals surface area contributed by atoms with E-state index in [0.29, 0.717) is 29.6 Å². The van der Waals surface area contributed by atoms with Crippen molar-refractivity contribution in [2.75, 3.05) is 26.2 Å². The molecule has 3 heterocycles. The number of pyridine rings is 1. The molecule has 0 aromatic carbocycles. The topological polar surface area (TPSA) is 100 Å². The highest BCUT2D eigenvalue weighted by Gasteiger charge is 2.28. The van der Waals surface area contributed by atoms with Gasteiger partial charge in [0.1, 0.15) is 5.65 Å². The van der Waals surface area contributed by atoms with Crippen LogP contribution in [0.2, 0.25) is 0 Å². The summed E-state index contributed by atoms with van der Waals surface area (Å²) in [6, 6.07) is 1.63. The Morgan fingerprint density at radius 1 is 1.31 bits per heavy atom. The molecule has 1 unspecified atom stereocenters. The molecule has 1 aliphatic heterocycles. The molecule has 2 fully saturated rings. The van der Waals surface area contributed by atoms with Crippen molar-refractivity contribution in [3.8, 4) is 0 Å². The average molecular weight is 399 g/mol. The van der Waals surface area contributed by atoms with Crippen molar-refractivity contribution in [3.63, 3.8) is 0 Å². The monoisotopic (exact) mass is 399 g/mol. The number of nitrogens with one attached hydrogen (secondary N) is 2. The molecule has 1 amide bonds. The van der Waals surface area contributed by atoms with Crippen LogP contribution in [0.15, 0.2) is 21.9 Å². The molecule has 2 aromatic rings. The molecule has 2 N–H and O–H groups in total. The molecule has 2 aromatic heterocycles. The van der Waals surface area contributed by atoms with Crippen molar-refractivity contribution in [1.29, 1.82) is 0 Å². The molecule has 1 atom stereocenters. The summed E-state index contributed by atoms with van der Waals surface area (Å²) in [4.78, 5) is 46.1. The summed E-state index contributed by atoms with van der Waals surface area (Å²) in [6.45, 7) is 8.28. The molecule has 1 saturated carbocycles. The molecule has 8 nitrogen and oxygen atoms in total. The summed E-state index contributed by atoms with van der Waals surface area (Å²) in [6.07, 6.45) is 5.53. The molecular weight excluding hydrogens is 370 g/mol. The molecule has 2 aliphatic rings. The number of hydrogen-bond acceptors (Lipinski definition) is 5. The van der Waals surface area contributed by atoms with E-state index in [9.17, 15) is 14.4 Å². The molecule has 0 bridgehead atoms. The van der Waals surface area contributed by atoms with Gasteiger partial charge in [-0.15, -0.1) is 0 Å². The van der Waals surface area contributed by atoms with Gasteiger partial charge in [0.25, 0.3) is 11.5 Å². The first-order chi connectivity index (χ1) is 13.9. The van der Waals surface area contributed by atoms with Gasteiger partial charge >= 0.3 is 5.69 Å². The number of nitrogens with zero attached hydrogens (tertiary/aromatic N) is 3. The van der Waals surface area contributed by atoms with Crippen LogP contribution in [-0.2, 0) is 0 Å². The summed E-state index contributed by atoms with van der Waals surface area (Å²) < 4.78 is 1.53. The number of H-pyrrole nitrogens is 1. The highest BCUT2D eigenvalue weighted by Crippen LogP contribution is 2.34. The van der Waals surface area contributed by atoms with Crippen LogP contribution in [0.25, 0.3) is 11.0 Å². The number of rotatable bonds is 6. The molecule has 8 heteroatoms. The van der Waals surface area contributed by atoms with Crippen molar-refractivity contribution >= 4 is 16.9 Å². The van der Waals surface area contributed by atoms with Crippen LogP contribution in [0, 0.1) is 11.8 Å². The fraction of sp³-hybridized carbons (Fsp3) is 0.619. The summed E-state index contributed by atoms with van der Waals surface area (Å²) in [5, 5.41) is 3.28. The van der Waals surface area contributed by atoms with Crippen LogP contribution in [0.5, 0.6) is 0 Å². The number of fused-ring (bicyclic) bond motifs is 1. The first-order valence-corrected chi connectivity index (χ1v) is 10.6. The number of carbonyl (C=O) groups is 1. The van der Waals surface area contributed by atoms with Gasteiger partial charge in [0, 0.05) is 31.9 Å². The minimum atomic E-state index is -0.499. The third kappa shape index (κ3) is 4.42. The Morgan fingerprint density at radius 3 is 2.83 bits per heavy atom. The number of carbonyl (C=O) groups excluding carboxylic acids is 1.